The van der Waals surface area contributed by atoms with Gasteiger partial charge >= 0.3 is 6.18 Å². The van der Waals surface area contributed by atoms with Gasteiger partial charge in [-0.1, -0.05) is 19.3 Å². The van der Waals surface area contributed by atoms with Crippen molar-refractivity contribution in [2.75, 3.05) is 5.32 Å². The summed E-state index contributed by atoms with van der Waals surface area (Å²) in [5.74, 6) is -2.40. The lowest BCUT2D eigenvalue weighted by molar-refractivity contribution is -0.144. The van der Waals surface area contributed by atoms with Crippen LogP contribution < -0.4 is 10.9 Å². The Kier molecular flexibility index (Phi) is 3.82. The number of aromatic nitrogens is 4. The third kappa shape index (κ3) is 3.20. The fourth-order valence-electron chi connectivity index (χ4n) is 2.69. The Bertz CT molecular complexity index is 789. The normalized spacial score (nSPS) is 16.7. The van der Waals surface area contributed by atoms with Crippen molar-refractivity contribution >= 4 is 17.5 Å². The minimum Gasteiger partial charge on any atom is -0.310 e. The second-order valence-electron chi connectivity index (χ2n) is 5.51. The van der Waals surface area contributed by atoms with Crippen molar-refractivity contribution in [3.63, 3.8) is 0 Å². The van der Waals surface area contributed by atoms with Gasteiger partial charge in [-0.15, -0.1) is 5.10 Å². The summed E-state index contributed by atoms with van der Waals surface area (Å²) in [6.07, 6.45) is -0.355. The molecule has 0 unspecified atom stereocenters. The fraction of sp³-hybridized carbons (Fsp3) is 0.538. The molecule has 23 heavy (non-hydrogen) atoms. The van der Waals surface area contributed by atoms with Gasteiger partial charge in [0.1, 0.15) is 5.82 Å². The number of hydrogen-bond acceptors (Lipinski definition) is 4. The largest absolute Gasteiger partial charge is 0.453 e. The Labute approximate surface area is 127 Å². The maximum Gasteiger partial charge on any atom is 0.453 e. The van der Waals surface area contributed by atoms with Crippen molar-refractivity contribution in [3.05, 3.63) is 22.2 Å². The number of H-pyrrole nitrogens is 1. The van der Waals surface area contributed by atoms with E-state index in [-0.39, 0.29) is 23.4 Å². The highest BCUT2D eigenvalue weighted by atomic mass is 19.4. The molecule has 3 rings (SSSR count). The van der Waals surface area contributed by atoms with Crippen LogP contribution in [0.4, 0.5) is 19.0 Å². The van der Waals surface area contributed by atoms with Gasteiger partial charge in [-0.2, -0.15) is 22.7 Å². The Morgan fingerprint density at radius 3 is 2.65 bits per heavy atom. The zero-order valence-corrected chi connectivity index (χ0v) is 12.0. The number of amides is 1. The van der Waals surface area contributed by atoms with Crippen molar-refractivity contribution < 1.29 is 18.0 Å². The second-order valence-corrected chi connectivity index (χ2v) is 5.51. The van der Waals surface area contributed by atoms with Crippen LogP contribution in [0.5, 0.6) is 0 Å². The van der Waals surface area contributed by atoms with Gasteiger partial charge in [0.2, 0.25) is 11.7 Å². The van der Waals surface area contributed by atoms with Crippen LogP contribution in [0, 0.1) is 5.92 Å². The summed E-state index contributed by atoms with van der Waals surface area (Å²) in [7, 11) is 0. The topological polar surface area (TPSA) is 92.1 Å². The van der Waals surface area contributed by atoms with Crippen molar-refractivity contribution in [1.29, 1.82) is 0 Å². The molecule has 0 spiro atoms. The van der Waals surface area contributed by atoms with E-state index in [1.807, 2.05) is 0 Å². The van der Waals surface area contributed by atoms with E-state index in [4.69, 9.17) is 0 Å². The van der Waals surface area contributed by atoms with E-state index in [9.17, 15) is 22.8 Å². The molecule has 1 aliphatic rings. The third-order valence-electron chi connectivity index (χ3n) is 3.82. The van der Waals surface area contributed by atoms with Crippen molar-refractivity contribution in [3.8, 4) is 0 Å². The van der Waals surface area contributed by atoms with E-state index in [1.165, 1.54) is 0 Å². The molecule has 2 heterocycles. The number of aromatic amines is 1. The van der Waals surface area contributed by atoms with Crippen molar-refractivity contribution in [1.82, 2.24) is 19.6 Å². The van der Waals surface area contributed by atoms with Crippen LogP contribution in [0.25, 0.3) is 5.78 Å². The molecule has 10 heteroatoms. The molecule has 1 saturated carbocycles. The molecule has 1 aliphatic carbocycles. The summed E-state index contributed by atoms with van der Waals surface area (Å²) >= 11 is 0. The fourth-order valence-corrected chi connectivity index (χ4v) is 2.69. The molecule has 2 aromatic heterocycles. The Morgan fingerprint density at radius 2 is 2.00 bits per heavy atom. The van der Waals surface area contributed by atoms with Crippen LogP contribution in [0.15, 0.2) is 10.9 Å². The highest BCUT2D eigenvalue weighted by Crippen LogP contribution is 2.27. The van der Waals surface area contributed by atoms with Gasteiger partial charge in [0, 0.05) is 12.0 Å². The molecule has 0 aliphatic heterocycles. The molecule has 0 bridgehead atoms. The molecule has 1 amide bonds. The quantitative estimate of drug-likeness (QED) is 0.881. The lowest BCUT2D eigenvalue weighted by atomic mass is 9.89. The molecular weight excluding hydrogens is 315 g/mol. The van der Waals surface area contributed by atoms with E-state index in [0.717, 1.165) is 42.7 Å². The number of carbonyl (C=O) groups is 1. The number of alkyl halides is 3. The lowest BCUT2D eigenvalue weighted by Gasteiger charge is -2.20. The van der Waals surface area contributed by atoms with Crippen LogP contribution in [-0.4, -0.2) is 25.5 Å². The Morgan fingerprint density at radius 1 is 1.30 bits per heavy atom. The third-order valence-corrected chi connectivity index (χ3v) is 3.82. The predicted molar refractivity (Wildman–Crippen MR) is 73.8 cm³/mol. The second kappa shape index (κ2) is 5.67. The molecule has 7 nitrogen and oxygen atoms in total. The van der Waals surface area contributed by atoms with Crippen molar-refractivity contribution in [2.45, 2.75) is 38.3 Å². The minimum absolute atomic E-state index is 0.123. The summed E-state index contributed by atoms with van der Waals surface area (Å²) in [5.41, 5.74) is -0.669. The number of anilines is 1. The van der Waals surface area contributed by atoms with Crippen LogP contribution in [0.1, 0.15) is 37.9 Å². The van der Waals surface area contributed by atoms with Crippen LogP contribution in [-0.2, 0) is 11.0 Å². The molecule has 0 aromatic carbocycles. The van der Waals surface area contributed by atoms with Gasteiger partial charge in [-0.05, 0) is 12.8 Å². The van der Waals surface area contributed by atoms with E-state index >= 15 is 0 Å². The summed E-state index contributed by atoms with van der Waals surface area (Å²) < 4.78 is 38.9. The van der Waals surface area contributed by atoms with Gasteiger partial charge in [-0.25, -0.2) is 0 Å². The van der Waals surface area contributed by atoms with E-state index in [0.29, 0.717) is 0 Å². The number of nitrogens with one attached hydrogen (secondary N) is 2. The van der Waals surface area contributed by atoms with Gasteiger partial charge in [0.15, 0.2) is 0 Å². The molecule has 2 aromatic rings. The zero-order chi connectivity index (χ0) is 16.6. The Hall–Kier alpha value is -2.39. The number of nitrogens with zero attached hydrogens (tertiary/aromatic N) is 3. The average Bonchev–Trinajstić information content (AvgIpc) is 2.92. The first-order valence-electron chi connectivity index (χ1n) is 7.23. The maximum absolute atomic E-state index is 12.7. The molecule has 124 valence electrons. The van der Waals surface area contributed by atoms with Gasteiger partial charge in [0.25, 0.3) is 11.4 Å². The average molecular weight is 329 g/mol. The highest BCUT2D eigenvalue weighted by Gasteiger charge is 2.37. The van der Waals surface area contributed by atoms with Crippen LogP contribution in [0.2, 0.25) is 0 Å². The standard InChI is InChI=1S/C13H14F3N5O2/c14-13(15,16)11-19-12-18-9(22)6-8(21(12)20-11)17-10(23)7-4-2-1-3-5-7/h6-7H,1-5H2,(H,17,23)(H,18,19,20,22). The molecule has 2 N–H and O–H groups in total. The molecule has 0 radical (unpaired) electrons. The minimum atomic E-state index is -4.74. The maximum atomic E-state index is 12.7. The summed E-state index contributed by atoms with van der Waals surface area (Å²) in [6, 6.07) is 0.989. The number of hydrogen-bond donors (Lipinski definition) is 2. The number of carbonyl (C=O) groups excluding carboxylic acids is 1. The number of halogens is 3. The smallest absolute Gasteiger partial charge is 0.310 e. The van der Waals surface area contributed by atoms with Crippen molar-refractivity contribution in [2.24, 2.45) is 5.92 Å². The first kappa shape index (κ1) is 15.5. The molecule has 0 atom stereocenters. The lowest BCUT2D eigenvalue weighted by Crippen LogP contribution is -2.27. The van der Waals surface area contributed by atoms with E-state index < -0.39 is 17.6 Å². The SMILES string of the molecule is O=C(Nc1cc(=O)[nH]c2nc(C(F)(F)F)nn12)C1CCCCC1. The van der Waals surface area contributed by atoms with Gasteiger partial charge < -0.3 is 5.32 Å². The summed E-state index contributed by atoms with van der Waals surface area (Å²) in [4.78, 5) is 29.2. The van der Waals surface area contributed by atoms with Crippen LogP contribution in [0.3, 0.4) is 0 Å². The molecular formula is C13H14F3N5O2. The van der Waals surface area contributed by atoms with Gasteiger partial charge in [0.05, 0.1) is 0 Å². The molecule has 1 fully saturated rings. The molecule has 0 saturated heterocycles. The number of rotatable bonds is 2. The highest BCUT2D eigenvalue weighted by molar-refractivity contribution is 5.91. The van der Waals surface area contributed by atoms with E-state index in [1.54, 1.807) is 0 Å². The first-order valence-corrected chi connectivity index (χ1v) is 7.23. The number of fused-ring (bicyclic) bond motifs is 1. The van der Waals surface area contributed by atoms with Crippen LogP contribution >= 0.6 is 0 Å². The zero-order valence-electron chi connectivity index (χ0n) is 12.0. The Balaban J connectivity index is 1.94. The van der Waals surface area contributed by atoms with Gasteiger partial charge in [-0.3, -0.25) is 14.6 Å². The van der Waals surface area contributed by atoms with E-state index in [2.05, 4.69) is 20.4 Å². The monoisotopic (exact) mass is 329 g/mol. The summed E-state index contributed by atoms with van der Waals surface area (Å²) in [6.45, 7) is 0. The predicted octanol–water partition coefficient (Wildman–Crippen LogP) is 1.96. The summed E-state index contributed by atoms with van der Waals surface area (Å²) in [5, 5.41) is 5.81. The first-order chi connectivity index (χ1) is 10.8.